The first kappa shape index (κ1) is 14.0. The lowest BCUT2D eigenvalue weighted by atomic mass is 10.2. The van der Waals surface area contributed by atoms with E-state index < -0.39 is 0 Å². The summed E-state index contributed by atoms with van der Waals surface area (Å²) in [5.74, 6) is 0.744. The number of nitrogens with one attached hydrogen (secondary N) is 1. The summed E-state index contributed by atoms with van der Waals surface area (Å²) in [5, 5.41) is 3.29. The fourth-order valence-electron chi connectivity index (χ4n) is 1.78. The highest BCUT2D eigenvalue weighted by Gasteiger charge is 2.05. The van der Waals surface area contributed by atoms with Crippen LogP contribution in [0.3, 0.4) is 0 Å². The van der Waals surface area contributed by atoms with Crippen molar-refractivity contribution in [1.29, 1.82) is 0 Å². The Morgan fingerprint density at radius 2 is 2.00 bits per heavy atom. The number of hydrogen-bond acceptors (Lipinski definition) is 3. The van der Waals surface area contributed by atoms with E-state index in [1.54, 1.807) is 0 Å². The van der Waals surface area contributed by atoms with Gasteiger partial charge in [-0.3, -0.25) is 0 Å². The van der Waals surface area contributed by atoms with E-state index in [1.165, 1.54) is 0 Å². The molecule has 3 N–H and O–H groups in total. The van der Waals surface area contributed by atoms with Crippen molar-refractivity contribution in [3.63, 3.8) is 0 Å². The number of aryl methyl sites for hydroxylation is 2. The van der Waals surface area contributed by atoms with Crippen LogP contribution in [0.1, 0.15) is 16.8 Å². The van der Waals surface area contributed by atoms with E-state index in [-0.39, 0.29) is 0 Å². The van der Waals surface area contributed by atoms with Crippen LogP contribution in [0.25, 0.3) is 0 Å². The third-order valence-electron chi connectivity index (χ3n) is 2.69. The first-order valence-electron chi connectivity index (χ1n) is 5.77. The number of aromatic nitrogens is 1. The molecule has 19 heavy (non-hydrogen) atoms. The molecular weight excluding hydrogens is 322 g/mol. The zero-order chi connectivity index (χ0) is 14.0. The Morgan fingerprint density at radius 3 is 2.63 bits per heavy atom. The summed E-state index contributed by atoms with van der Waals surface area (Å²) in [5.41, 5.74) is 9.50. The van der Waals surface area contributed by atoms with Crippen LogP contribution in [0.4, 0.5) is 11.5 Å². The third kappa shape index (κ3) is 3.52. The van der Waals surface area contributed by atoms with Crippen molar-refractivity contribution in [2.24, 2.45) is 5.73 Å². The van der Waals surface area contributed by atoms with Gasteiger partial charge in [0.2, 0.25) is 0 Å². The van der Waals surface area contributed by atoms with Gasteiger partial charge in [0.15, 0.2) is 0 Å². The van der Waals surface area contributed by atoms with Gasteiger partial charge < -0.3 is 11.1 Å². The van der Waals surface area contributed by atoms with Gasteiger partial charge in [-0.05, 0) is 49.7 Å². The summed E-state index contributed by atoms with van der Waals surface area (Å²) in [6.45, 7) is 3.96. The maximum absolute atomic E-state index is 5.66. The molecule has 0 aliphatic carbocycles. The van der Waals surface area contributed by atoms with Crippen LogP contribution < -0.4 is 11.1 Å². The second-order valence-electron chi connectivity index (χ2n) is 4.33. The minimum atomic E-state index is 0.376. The molecule has 1 heterocycles. The molecule has 0 unspecified atom stereocenters. The lowest BCUT2D eigenvalue weighted by molar-refractivity contribution is 1.19. The molecule has 1 aromatic carbocycles. The number of halogens is 1. The minimum absolute atomic E-state index is 0.376. The minimum Gasteiger partial charge on any atom is -0.389 e. The third-order valence-corrected chi connectivity index (χ3v) is 3.42. The van der Waals surface area contributed by atoms with Crippen molar-refractivity contribution >= 4 is 44.6 Å². The Labute approximate surface area is 126 Å². The van der Waals surface area contributed by atoms with Crippen molar-refractivity contribution < 1.29 is 0 Å². The number of nitrogens with zero attached hydrogens (tertiary/aromatic N) is 1. The fraction of sp³-hybridized carbons (Fsp3) is 0.143. The van der Waals surface area contributed by atoms with Gasteiger partial charge in [-0.2, -0.15) is 0 Å². The Hall–Kier alpha value is -1.46. The van der Waals surface area contributed by atoms with Gasteiger partial charge >= 0.3 is 0 Å². The molecule has 98 valence electrons. The molecule has 1 aromatic heterocycles. The van der Waals surface area contributed by atoms with E-state index >= 15 is 0 Å². The molecule has 0 aliphatic rings. The summed E-state index contributed by atoms with van der Waals surface area (Å²) >= 11 is 8.45. The van der Waals surface area contributed by atoms with Crippen LogP contribution in [0.2, 0.25) is 0 Å². The SMILES string of the molecule is Cc1cc(C(N)=S)cc(Nc2ccc(Br)cc2C)n1. The molecule has 5 heteroatoms. The molecule has 2 aromatic rings. The van der Waals surface area contributed by atoms with Crippen molar-refractivity contribution in [3.05, 3.63) is 51.6 Å². The molecule has 3 nitrogen and oxygen atoms in total. The van der Waals surface area contributed by atoms with Crippen molar-refractivity contribution in [2.75, 3.05) is 5.32 Å². The van der Waals surface area contributed by atoms with Crippen molar-refractivity contribution in [2.45, 2.75) is 13.8 Å². The first-order valence-corrected chi connectivity index (χ1v) is 6.97. The molecule has 0 spiro atoms. The molecule has 0 aliphatic heterocycles. The number of benzene rings is 1. The van der Waals surface area contributed by atoms with E-state index in [1.807, 2.05) is 44.2 Å². The number of pyridine rings is 1. The topological polar surface area (TPSA) is 50.9 Å². The molecule has 0 amide bonds. The van der Waals surface area contributed by atoms with Gasteiger partial charge in [-0.15, -0.1) is 0 Å². The predicted octanol–water partition coefficient (Wildman–Crippen LogP) is 3.84. The molecule has 0 fully saturated rings. The Kier molecular flexibility index (Phi) is 4.17. The maximum Gasteiger partial charge on any atom is 0.131 e. The molecule has 0 atom stereocenters. The predicted molar refractivity (Wildman–Crippen MR) is 87.0 cm³/mol. The highest BCUT2D eigenvalue weighted by molar-refractivity contribution is 9.10. The molecule has 2 rings (SSSR count). The highest BCUT2D eigenvalue weighted by atomic mass is 79.9. The molecule has 0 bridgehead atoms. The second-order valence-corrected chi connectivity index (χ2v) is 5.69. The highest BCUT2D eigenvalue weighted by Crippen LogP contribution is 2.23. The molecular formula is C14H14BrN3S. The van der Waals surface area contributed by atoms with Gasteiger partial charge in [-0.1, -0.05) is 28.1 Å². The smallest absolute Gasteiger partial charge is 0.131 e. The number of hydrogen-bond donors (Lipinski definition) is 2. The van der Waals surface area contributed by atoms with E-state index in [4.69, 9.17) is 18.0 Å². The van der Waals surface area contributed by atoms with Crippen LogP contribution in [0.15, 0.2) is 34.8 Å². The average molecular weight is 336 g/mol. The van der Waals surface area contributed by atoms with E-state index in [9.17, 15) is 0 Å². The van der Waals surface area contributed by atoms with E-state index in [2.05, 4.69) is 26.2 Å². The Morgan fingerprint density at radius 1 is 1.26 bits per heavy atom. The monoisotopic (exact) mass is 335 g/mol. The molecule has 0 saturated heterocycles. The van der Waals surface area contributed by atoms with Crippen LogP contribution in [0, 0.1) is 13.8 Å². The molecule has 0 saturated carbocycles. The number of nitrogens with two attached hydrogens (primary N) is 1. The normalized spacial score (nSPS) is 10.3. The van der Waals surface area contributed by atoms with Gasteiger partial charge in [0.25, 0.3) is 0 Å². The number of thiocarbonyl (C=S) groups is 1. The largest absolute Gasteiger partial charge is 0.389 e. The zero-order valence-electron chi connectivity index (χ0n) is 10.7. The lowest BCUT2D eigenvalue weighted by Gasteiger charge is -2.11. The van der Waals surface area contributed by atoms with Crippen LogP contribution >= 0.6 is 28.1 Å². The summed E-state index contributed by atoms with van der Waals surface area (Å²) in [7, 11) is 0. The van der Waals surface area contributed by atoms with Gasteiger partial charge in [0.05, 0.1) is 0 Å². The van der Waals surface area contributed by atoms with E-state index in [0.717, 1.165) is 32.8 Å². The Balaban J connectivity index is 2.35. The van der Waals surface area contributed by atoms with Crippen LogP contribution in [-0.2, 0) is 0 Å². The number of anilines is 2. The van der Waals surface area contributed by atoms with Crippen LogP contribution in [0.5, 0.6) is 0 Å². The van der Waals surface area contributed by atoms with Gasteiger partial charge in [0.1, 0.15) is 10.8 Å². The summed E-state index contributed by atoms with van der Waals surface area (Å²) in [6, 6.07) is 9.77. The summed E-state index contributed by atoms with van der Waals surface area (Å²) in [4.78, 5) is 4.81. The van der Waals surface area contributed by atoms with Crippen LogP contribution in [-0.4, -0.2) is 9.97 Å². The summed E-state index contributed by atoms with van der Waals surface area (Å²) < 4.78 is 1.05. The zero-order valence-corrected chi connectivity index (χ0v) is 13.1. The summed E-state index contributed by atoms with van der Waals surface area (Å²) in [6.07, 6.45) is 0. The second kappa shape index (κ2) is 5.67. The quantitative estimate of drug-likeness (QED) is 0.836. The van der Waals surface area contributed by atoms with Gasteiger partial charge in [-0.25, -0.2) is 4.98 Å². The lowest BCUT2D eigenvalue weighted by Crippen LogP contribution is -2.10. The number of rotatable bonds is 3. The van der Waals surface area contributed by atoms with Gasteiger partial charge in [0, 0.05) is 21.4 Å². The standard InChI is InChI=1S/C14H14BrN3S/c1-8-5-11(15)3-4-12(8)18-13-7-10(14(16)19)6-9(2)17-13/h3-7H,1-2H3,(H2,16,19)(H,17,18). The average Bonchev–Trinajstić information content (AvgIpc) is 2.32. The first-order chi connectivity index (χ1) is 8.95. The Bertz CT molecular complexity index is 641. The fourth-order valence-corrected chi connectivity index (χ4v) is 2.37. The van der Waals surface area contributed by atoms with Crippen molar-refractivity contribution in [3.8, 4) is 0 Å². The maximum atomic E-state index is 5.66. The van der Waals surface area contributed by atoms with Crippen molar-refractivity contribution in [1.82, 2.24) is 4.98 Å². The molecule has 0 radical (unpaired) electrons. The van der Waals surface area contributed by atoms with E-state index in [0.29, 0.717) is 4.99 Å².